The van der Waals surface area contributed by atoms with E-state index in [4.69, 9.17) is 0 Å². The number of ketones is 2. The van der Waals surface area contributed by atoms with E-state index in [0.717, 1.165) is 24.0 Å². The third-order valence-electron chi connectivity index (χ3n) is 6.39. The summed E-state index contributed by atoms with van der Waals surface area (Å²) < 4.78 is 1.72. The topological polar surface area (TPSA) is 127 Å². The van der Waals surface area contributed by atoms with Crippen LogP contribution in [0.2, 0.25) is 0 Å². The number of nitrogens with zero attached hydrogens (tertiary/aromatic N) is 2. The summed E-state index contributed by atoms with van der Waals surface area (Å²) in [7, 11) is 0. The number of aromatic nitrogens is 2. The van der Waals surface area contributed by atoms with E-state index in [9.17, 15) is 29.4 Å². The van der Waals surface area contributed by atoms with E-state index >= 15 is 0 Å². The van der Waals surface area contributed by atoms with Crippen molar-refractivity contribution in [2.24, 2.45) is 0 Å². The van der Waals surface area contributed by atoms with Crippen molar-refractivity contribution in [3.63, 3.8) is 0 Å². The summed E-state index contributed by atoms with van der Waals surface area (Å²) in [5, 5.41) is 18.8. The largest absolute Gasteiger partial charge is 0.481 e. The van der Waals surface area contributed by atoms with Crippen LogP contribution in [-0.2, 0) is 17.8 Å². The summed E-state index contributed by atoms with van der Waals surface area (Å²) in [6.07, 6.45) is 1.76. The standard InChI is InChI=1S/C28H26N2O6/c1-3-4-9-22-29-24-25(27(34)21(14-23(31)32)16(2)26(24)33)30(22)15-17-10-12-18(13-11-17)19-7-5-6-8-20(19)28(35)36/h5-8,10-13H,3-4,9,14-15H2,1-2H3,(H,31,32)(H,35,36). The highest BCUT2D eigenvalue weighted by molar-refractivity contribution is 6.26. The zero-order valence-electron chi connectivity index (χ0n) is 20.1. The minimum atomic E-state index is -1.18. The number of hydrogen-bond donors (Lipinski definition) is 2. The maximum absolute atomic E-state index is 13.4. The van der Waals surface area contributed by atoms with E-state index in [1.54, 1.807) is 28.8 Å². The van der Waals surface area contributed by atoms with Gasteiger partial charge in [-0.15, -0.1) is 0 Å². The van der Waals surface area contributed by atoms with E-state index in [2.05, 4.69) is 4.98 Å². The number of benzene rings is 2. The first-order valence-electron chi connectivity index (χ1n) is 11.7. The summed E-state index contributed by atoms with van der Waals surface area (Å²) in [5.41, 5.74) is 2.69. The molecule has 0 spiro atoms. The number of imidazole rings is 1. The highest BCUT2D eigenvalue weighted by Crippen LogP contribution is 2.30. The van der Waals surface area contributed by atoms with Gasteiger partial charge < -0.3 is 14.8 Å². The molecule has 0 saturated heterocycles. The van der Waals surface area contributed by atoms with E-state index in [0.29, 0.717) is 17.8 Å². The fraction of sp³-hybridized carbons (Fsp3) is 0.250. The Labute approximate surface area is 207 Å². The maximum Gasteiger partial charge on any atom is 0.336 e. The summed E-state index contributed by atoms with van der Waals surface area (Å²) in [6.45, 7) is 3.77. The lowest BCUT2D eigenvalue weighted by Crippen LogP contribution is -2.25. The van der Waals surface area contributed by atoms with Crippen LogP contribution in [0.3, 0.4) is 0 Å². The summed E-state index contributed by atoms with van der Waals surface area (Å²) in [5.74, 6) is -2.48. The average Bonchev–Trinajstić information content (AvgIpc) is 3.22. The summed E-state index contributed by atoms with van der Waals surface area (Å²) >= 11 is 0. The molecule has 3 aromatic rings. The van der Waals surface area contributed by atoms with Crippen molar-refractivity contribution in [1.29, 1.82) is 0 Å². The van der Waals surface area contributed by atoms with E-state index < -0.39 is 29.9 Å². The highest BCUT2D eigenvalue weighted by atomic mass is 16.4. The molecule has 8 heteroatoms. The molecule has 0 amide bonds. The van der Waals surface area contributed by atoms with Crippen molar-refractivity contribution in [2.75, 3.05) is 0 Å². The normalized spacial score (nSPS) is 13.2. The zero-order chi connectivity index (χ0) is 26.0. The Morgan fingerprint density at radius 3 is 2.31 bits per heavy atom. The Kier molecular flexibility index (Phi) is 6.96. The van der Waals surface area contributed by atoms with Gasteiger partial charge in [0.2, 0.25) is 11.6 Å². The highest BCUT2D eigenvalue weighted by Gasteiger charge is 2.36. The number of rotatable bonds is 9. The monoisotopic (exact) mass is 486 g/mol. The second kappa shape index (κ2) is 10.1. The number of unbranched alkanes of at least 4 members (excludes halogenated alkanes) is 1. The molecule has 0 saturated carbocycles. The predicted octanol–water partition coefficient (Wildman–Crippen LogP) is 4.81. The number of aromatic carboxylic acids is 1. The number of carbonyl (C=O) groups is 4. The lowest BCUT2D eigenvalue weighted by molar-refractivity contribution is -0.136. The zero-order valence-corrected chi connectivity index (χ0v) is 20.1. The molecular formula is C28H26N2O6. The third kappa shape index (κ3) is 4.62. The second-order valence-electron chi connectivity index (χ2n) is 8.79. The molecule has 8 nitrogen and oxygen atoms in total. The minimum absolute atomic E-state index is 0.0104. The number of aliphatic carboxylic acids is 1. The van der Waals surface area contributed by atoms with Gasteiger partial charge in [0, 0.05) is 24.1 Å². The number of fused-ring (bicyclic) bond motifs is 1. The molecular weight excluding hydrogens is 460 g/mol. The number of carboxylic acids is 2. The van der Waals surface area contributed by atoms with Gasteiger partial charge in [-0.1, -0.05) is 55.8 Å². The van der Waals surface area contributed by atoms with Crippen molar-refractivity contribution in [3.8, 4) is 11.1 Å². The molecule has 1 heterocycles. The first-order valence-corrected chi connectivity index (χ1v) is 11.7. The first-order chi connectivity index (χ1) is 17.2. The first kappa shape index (κ1) is 24.8. The Hall–Kier alpha value is -4.33. The molecule has 2 N–H and O–H groups in total. The van der Waals surface area contributed by atoms with Crippen LogP contribution in [0.5, 0.6) is 0 Å². The van der Waals surface area contributed by atoms with Crippen LogP contribution in [0, 0.1) is 0 Å². The molecule has 0 atom stereocenters. The number of allylic oxidation sites excluding steroid dienone is 1. The number of carbonyl (C=O) groups excluding carboxylic acids is 2. The van der Waals surface area contributed by atoms with Crippen LogP contribution >= 0.6 is 0 Å². The van der Waals surface area contributed by atoms with E-state index in [-0.39, 0.29) is 34.6 Å². The molecule has 2 aromatic carbocycles. The quantitative estimate of drug-likeness (QED) is 0.444. The Balaban J connectivity index is 1.73. The number of aryl methyl sites for hydroxylation is 1. The number of Topliss-reactive ketones (excluding diaryl/α,β-unsaturated/α-hetero) is 2. The van der Waals surface area contributed by atoms with Crippen molar-refractivity contribution >= 4 is 23.5 Å². The molecule has 0 bridgehead atoms. The molecule has 0 aliphatic heterocycles. The fourth-order valence-corrected chi connectivity index (χ4v) is 4.47. The summed E-state index contributed by atoms with van der Waals surface area (Å²) in [6, 6.07) is 14.1. The van der Waals surface area contributed by atoms with Crippen LogP contribution in [-0.4, -0.2) is 43.3 Å². The van der Waals surface area contributed by atoms with Crippen LogP contribution in [0.1, 0.15) is 75.8 Å². The maximum atomic E-state index is 13.4. The van der Waals surface area contributed by atoms with Crippen LogP contribution in [0.15, 0.2) is 59.7 Å². The lowest BCUT2D eigenvalue weighted by atomic mass is 9.89. The van der Waals surface area contributed by atoms with Crippen molar-refractivity contribution in [2.45, 2.75) is 46.1 Å². The summed E-state index contributed by atoms with van der Waals surface area (Å²) in [4.78, 5) is 53.8. The van der Waals surface area contributed by atoms with Gasteiger partial charge in [-0.05, 0) is 36.1 Å². The lowest BCUT2D eigenvalue weighted by Gasteiger charge is -2.18. The molecule has 1 aromatic heterocycles. The molecule has 4 rings (SSSR count). The minimum Gasteiger partial charge on any atom is -0.481 e. The van der Waals surface area contributed by atoms with Gasteiger partial charge in [-0.3, -0.25) is 14.4 Å². The number of hydrogen-bond acceptors (Lipinski definition) is 5. The Morgan fingerprint density at radius 1 is 0.972 bits per heavy atom. The molecule has 36 heavy (non-hydrogen) atoms. The third-order valence-corrected chi connectivity index (χ3v) is 6.39. The second-order valence-corrected chi connectivity index (χ2v) is 8.79. The van der Waals surface area contributed by atoms with Gasteiger partial charge in [0.05, 0.1) is 12.0 Å². The SMILES string of the molecule is CCCCc1nc2c(n1Cc1ccc(-c3ccccc3C(=O)O)cc1)C(=O)C(CC(=O)O)=C(C)C2=O. The number of carboxylic acid groups (broad SMARTS) is 2. The smallest absolute Gasteiger partial charge is 0.336 e. The molecule has 1 aliphatic rings. The van der Waals surface area contributed by atoms with Gasteiger partial charge >= 0.3 is 11.9 Å². The van der Waals surface area contributed by atoms with Crippen molar-refractivity contribution < 1.29 is 29.4 Å². The Morgan fingerprint density at radius 2 is 1.67 bits per heavy atom. The van der Waals surface area contributed by atoms with Gasteiger partial charge in [0.1, 0.15) is 17.2 Å². The molecule has 1 aliphatic carbocycles. The fourth-order valence-electron chi connectivity index (χ4n) is 4.47. The van der Waals surface area contributed by atoms with E-state index in [1.165, 1.54) is 6.92 Å². The van der Waals surface area contributed by atoms with Crippen LogP contribution < -0.4 is 0 Å². The molecule has 0 unspecified atom stereocenters. The average molecular weight is 487 g/mol. The van der Waals surface area contributed by atoms with E-state index in [1.807, 2.05) is 31.2 Å². The van der Waals surface area contributed by atoms with Crippen molar-refractivity contribution in [3.05, 3.63) is 88.0 Å². The van der Waals surface area contributed by atoms with Gasteiger partial charge in [0.15, 0.2) is 0 Å². The van der Waals surface area contributed by atoms with Gasteiger partial charge in [-0.2, -0.15) is 0 Å². The Bertz CT molecular complexity index is 1410. The van der Waals surface area contributed by atoms with Gasteiger partial charge in [-0.25, -0.2) is 9.78 Å². The molecule has 0 fully saturated rings. The molecule has 0 radical (unpaired) electrons. The van der Waals surface area contributed by atoms with Crippen LogP contribution in [0.4, 0.5) is 0 Å². The van der Waals surface area contributed by atoms with Crippen molar-refractivity contribution in [1.82, 2.24) is 9.55 Å². The molecule has 184 valence electrons. The predicted molar refractivity (Wildman–Crippen MR) is 132 cm³/mol. The van der Waals surface area contributed by atoms with Crippen LogP contribution in [0.25, 0.3) is 11.1 Å². The van der Waals surface area contributed by atoms with Gasteiger partial charge in [0.25, 0.3) is 0 Å².